The summed E-state index contributed by atoms with van der Waals surface area (Å²) in [7, 11) is 3.00. The highest BCUT2D eigenvalue weighted by Crippen LogP contribution is 2.50. The molecule has 1 amide bonds. The van der Waals surface area contributed by atoms with Crippen LogP contribution in [0.2, 0.25) is 0 Å². The van der Waals surface area contributed by atoms with Crippen LogP contribution in [0, 0.1) is 11.8 Å². The zero-order valence-electron chi connectivity index (χ0n) is 14.9. The van der Waals surface area contributed by atoms with E-state index in [-0.39, 0.29) is 29.6 Å². The molecule has 1 fully saturated rings. The number of hydrogen-bond acceptors (Lipinski definition) is 4. The van der Waals surface area contributed by atoms with Crippen molar-refractivity contribution in [3.8, 4) is 5.75 Å². The Hall–Kier alpha value is -2.04. The van der Waals surface area contributed by atoms with Gasteiger partial charge in [-0.05, 0) is 29.9 Å². The summed E-state index contributed by atoms with van der Waals surface area (Å²) in [5.41, 5.74) is 1.05. The Bertz CT molecular complexity index is 582. The van der Waals surface area contributed by atoms with E-state index < -0.39 is 6.04 Å². The van der Waals surface area contributed by atoms with Gasteiger partial charge < -0.3 is 14.8 Å². The van der Waals surface area contributed by atoms with Gasteiger partial charge in [-0.2, -0.15) is 0 Å². The fourth-order valence-corrected chi connectivity index (χ4v) is 3.32. The van der Waals surface area contributed by atoms with Crippen LogP contribution in [0.5, 0.6) is 5.75 Å². The number of ether oxygens (including phenoxy) is 2. The van der Waals surface area contributed by atoms with E-state index in [4.69, 9.17) is 9.47 Å². The molecule has 1 saturated carbocycles. The van der Waals surface area contributed by atoms with Gasteiger partial charge in [0.2, 0.25) is 5.91 Å². The highest BCUT2D eigenvalue weighted by atomic mass is 16.5. The molecule has 1 aliphatic rings. The average Bonchev–Trinajstić information content (AvgIpc) is 3.41. The van der Waals surface area contributed by atoms with Crippen LogP contribution in [0.4, 0.5) is 0 Å². The van der Waals surface area contributed by atoms with E-state index in [9.17, 15) is 9.59 Å². The third-order valence-corrected chi connectivity index (χ3v) is 4.94. The predicted octanol–water partition coefficient (Wildman–Crippen LogP) is 2.89. The van der Waals surface area contributed by atoms with E-state index in [1.807, 2.05) is 38.1 Å². The lowest BCUT2D eigenvalue weighted by atomic mass is 9.94. The maximum Gasteiger partial charge on any atom is 0.328 e. The van der Waals surface area contributed by atoms with Crippen molar-refractivity contribution in [1.82, 2.24) is 5.32 Å². The zero-order valence-corrected chi connectivity index (χ0v) is 14.9. The summed E-state index contributed by atoms with van der Waals surface area (Å²) >= 11 is 0. The first-order valence-electron chi connectivity index (χ1n) is 8.58. The molecule has 0 saturated heterocycles. The maximum absolute atomic E-state index is 12.6. The second-order valence-corrected chi connectivity index (χ2v) is 6.28. The Morgan fingerprint density at radius 1 is 1.21 bits per heavy atom. The molecule has 1 N–H and O–H groups in total. The number of nitrogens with one attached hydrogen (secondary N) is 1. The first kappa shape index (κ1) is 18.3. The fraction of sp³-hybridized carbons (Fsp3) is 0.579. The van der Waals surface area contributed by atoms with Gasteiger partial charge in [-0.15, -0.1) is 0 Å². The summed E-state index contributed by atoms with van der Waals surface area (Å²) in [5.74, 6) is 0.496. The van der Waals surface area contributed by atoms with E-state index in [0.717, 1.165) is 30.6 Å². The molecular formula is C19H27NO4. The number of para-hydroxylation sites is 1. The average molecular weight is 333 g/mol. The first-order valence-corrected chi connectivity index (χ1v) is 8.58. The topological polar surface area (TPSA) is 64.6 Å². The van der Waals surface area contributed by atoms with Crippen molar-refractivity contribution >= 4 is 11.9 Å². The van der Waals surface area contributed by atoms with Gasteiger partial charge in [0.25, 0.3) is 0 Å². The van der Waals surface area contributed by atoms with Crippen LogP contribution in [0.1, 0.15) is 44.6 Å². The molecule has 0 aliphatic heterocycles. The molecule has 1 aromatic rings. The van der Waals surface area contributed by atoms with Crippen molar-refractivity contribution in [2.45, 2.75) is 45.1 Å². The number of hydrogen-bond donors (Lipinski definition) is 1. The van der Waals surface area contributed by atoms with Crippen LogP contribution in [-0.4, -0.2) is 32.1 Å². The van der Waals surface area contributed by atoms with E-state index in [0.29, 0.717) is 0 Å². The smallest absolute Gasteiger partial charge is 0.328 e. The van der Waals surface area contributed by atoms with Crippen LogP contribution in [0.15, 0.2) is 24.3 Å². The van der Waals surface area contributed by atoms with Crippen LogP contribution in [-0.2, 0) is 14.3 Å². The van der Waals surface area contributed by atoms with Gasteiger partial charge in [-0.25, -0.2) is 4.79 Å². The molecule has 1 aliphatic carbocycles. The van der Waals surface area contributed by atoms with Crippen LogP contribution in [0.3, 0.4) is 0 Å². The molecule has 2 rings (SSSR count). The van der Waals surface area contributed by atoms with Gasteiger partial charge in [-0.1, -0.05) is 44.9 Å². The number of methoxy groups -OCH3 is 2. The number of carbonyl (C=O) groups is 2. The minimum atomic E-state index is -0.573. The van der Waals surface area contributed by atoms with E-state index >= 15 is 0 Å². The quantitative estimate of drug-likeness (QED) is 0.743. The summed E-state index contributed by atoms with van der Waals surface area (Å²) in [6.45, 7) is 4.04. The molecule has 1 aromatic carbocycles. The maximum atomic E-state index is 12.6. The first-order chi connectivity index (χ1) is 11.6. The predicted molar refractivity (Wildman–Crippen MR) is 91.9 cm³/mol. The Morgan fingerprint density at radius 3 is 2.46 bits per heavy atom. The number of amides is 1. The minimum Gasteiger partial charge on any atom is -0.496 e. The molecule has 5 nitrogen and oxygen atoms in total. The van der Waals surface area contributed by atoms with E-state index in [2.05, 4.69) is 5.32 Å². The summed E-state index contributed by atoms with van der Waals surface area (Å²) in [5, 5.41) is 2.91. The Morgan fingerprint density at radius 2 is 1.88 bits per heavy atom. The fourth-order valence-electron chi connectivity index (χ4n) is 3.32. The van der Waals surface area contributed by atoms with Gasteiger partial charge in [-0.3, -0.25) is 4.79 Å². The third kappa shape index (κ3) is 3.89. The molecule has 0 unspecified atom stereocenters. The minimum absolute atomic E-state index is 0.0757. The summed E-state index contributed by atoms with van der Waals surface area (Å²) < 4.78 is 10.3. The van der Waals surface area contributed by atoms with E-state index in [1.54, 1.807) is 7.11 Å². The molecule has 0 radical (unpaired) electrons. The lowest BCUT2D eigenvalue weighted by Gasteiger charge is -2.24. The highest BCUT2D eigenvalue weighted by molar-refractivity contribution is 5.88. The lowest BCUT2D eigenvalue weighted by Crippen LogP contribution is -2.47. The van der Waals surface area contributed by atoms with Gasteiger partial charge in [0.1, 0.15) is 11.8 Å². The molecule has 0 spiro atoms. The number of carbonyl (C=O) groups excluding carboxylic acids is 2. The molecular weight excluding hydrogens is 306 g/mol. The second kappa shape index (κ2) is 8.18. The number of benzene rings is 1. The molecule has 0 bridgehead atoms. The largest absolute Gasteiger partial charge is 0.496 e. The monoisotopic (exact) mass is 333 g/mol. The van der Waals surface area contributed by atoms with E-state index in [1.165, 1.54) is 7.11 Å². The molecule has 0 heterocycles. The molecule has 0 aromatic heterocycles. The SMILES string of the molecule is CCC(CC)[C@H](NC(=O)[C@@H]1C[C@H]1c1ccccc1OC)C(=O)OC. The van der Waals surface area contributed by atoms with Crippen LogP contribution >= 0.6 is 0 Å². The normalized spacial score (nSPS) is 20.4. The summed E-state index contributed by atoms with van der Waals surface area (Å²) in [4.78, 5) is 24.6. The van der Waals surface area contributed by atoms with Crippen molar-refractivity contribution in [3.05, 3.63) is 29.8 Å². The van der Waals surface area contributed by atoms with Gasteiger partial charge in [0.15, 0.2) is 0 Å². The van der Waals surface area contributed by atoms with Crippen LogP contribution in [0.25, 0.3) is 0 Å². The highest BCUT2D eigenvalue weighted by Gasteiger charge is 2.46. The van der Waals surface area contributed by atoms with Crippen molar-refractivity contribution in [2.75, 3.05) is 14.2 Å². The Kier molecular flexibility index (Phi) is 6.23. The van der Waals surface area contributed by atoms with Gasteiger partial charge in [0, 0.05) is 5.92 Å². The van der Waals surface area contributed by atoms with Gasteiger partial charge >= 0.3 is 5.97 Å². The second-order valence-electron chi connectivity index (χ2n) is 6.28. The molecule has 3 atom stereocenters. The summed E-state index contributed by atoms with van der Waals surface area (Å²) in [6, 6.07) is 7.20. The Labute approximate surface area is 143 Å². The summed E-state index contributed by atoms with van der Waals surface area (Å²) in [6.07, 6.45) is 2.41. The Balaban J connectivity index is 2.05. The third-order valence-electron chi connectivity index (χ3n) is 4.94. The van der Waals surface area contributed by atoms with Crippen molar-refractivity contribution in [1.29, 1.82) is 0 Å². The molecule has 5 heteroatoms. The number of esters is 1. The lowest BCUT2D eigenvalue weighted by molar-refractivity contribution is -0.147. The van der Waals surface area contributed by atoms with Gasteiger partial charge in [0.05, 0.1) is 14.2 Å². The van der Waals surface area contributed by atoms with Crippen molar-refractivity contribution in [2.24, 2.45) is 11.8 Å². The van der Waals surface area contributed by atoms with Crippen molar-refractivity contribution < 1.29 is 19.1 Å². The standard InChI is InChI=1S/C19H27NO4/c1-5-12(6-2)17(19(22)24-4)20-18(21)15-11-14(15)13-9-7-8-10-16(13)23-3/h7-10,12,14-15,17H,5-6,11H2,1-4H3,(H,20,21)/t14-,15+,17-/m0/s1. The molecule has 132 valence electrons. The molecule has 24 heavy (non-hydrogen) atoms. The number of rotatable bonds is 8. The van der Waals surface area contributed by atoms with Crippen LogP contribution < -0.4 is 10.1 Å². The zero-order chi connectivity index (χ0) is 17.7. The van der Waals surface area contributed by atoms with Crippen molar-refractivity contribution in [3.63, 3.8) is 0 Å².